The molecule has 0 spiro atoms. The molecule has 6 nitrogen and oxygen atoms in total. The summed E-state index contributed by atoms with van der Waals surface area (Å²) in [6.45, 7) is 7.03. The molecule has 0 radical (unpaired) electrons. The van der Waals surface area contributed by atoms with Crippen LogP contribution in [0.1, 0.15) is 56.0 Å². The van der Waals surface area contributed by atoms with Gasteiger partial charge in [-0.05, 0) is 29.5 Å². The van der Waals surface area contributed by atoms with Crippen LogP contribution in [0.3, 0.4) is 0 Å². The molecule has 2 N–H and O–H groups in total. The quantitative estimate of drug-likeness (QED) is 0.557. The molecular weight excluding hydrogens is 320 g/mol. The number of nitrogens with one attached hydrogen (secondary N) is 2. The lowest BCUT2D eigenvalue weighted by atomic mass is 9.87. The van der Waals surface area contributed by atoms with E-state index >= 15 is 0 Å². The maximum Gasteiger partial charge on any atom is 0.305 e. The molecule has 2 amide bonds. The summed E-state index contributed by atoms with van der Waals surface area (Å²) in [5.74, 6) is -0.647. The molecule has 138 valence electrons. The Labute approximate surface area is 149 Å². The van der Waals surface area contributed by atoms with Gasteiger partial charge in [-0.1, -0.05) is 32.9 Å². The summed E-state index contributed by atoms with van der Waals surface area (Å²) in [4.78, 5) is 34.6. The molecule has 0 fully saturated rings. The molecule has 0 saturated heterocycles. The number of methoxy groups -OCH3 is 1. The molecule has 0 heterocycles. The molecule has 0 atom stereocenters. The third-order valence-electron chi connectivity index (χ3n) is 3.76. The first-order valence-corrected chi connectivity index (χ1v) is 8.46. The van der Waals surface area contributed by atoms with Gasteiger partial charge in [0.1, 0.15) is 0 Å². The molecule has 0 aromatic heterocycles. The first-order valence-electron chi connectivity index (χ1n) is 8.46. The molecule has 0 aliphatic rings. The van der Waals surface area contributed by atoms with Crippen molar-refractivity contribution in [1.29, 1.82) is 0 Å². The van der Waals surface area contributed by atoms with E-state index in [-0.39, 0.29) is 42.6 Å². The molecule has 1 aromatic carbocycles. The van der Waals surface area contributed by atoms with Crippen molar-refractivity contribution >= 4 is 17.8 Å². The average molecular weight is 348 g/mol. The molecule has 1 rings (SSSR count). The standard InChI is InChI=1S/C19H28N2O4/c1-19(2,3)15-9-7-14(8-10-15)18(24)21-13-11-16(22)20-12-5-6-17(23)25-4/h7-10H,5-6,11-13H2,1-4H3,(H,20,22)(H,21,24). The Morgan fingerprint density at radius 3 is 2.16 bits per heavy atom. The Kier molecular flexibility index (Phi) is 8.11. The molecule has 0 bridgehead atoms. The number of hydrogen-bond acceptors (Lipinski definition) is 4. The number of benzene rings is 1. The number of carbonyl (C=O) groups excluding carboxylic acids is 3. The molecule has 0 saturated carbocycles. The summed E-state index contributed by atoms with van der Waals surface area (Å²) in [6.07, 6.45) is 1.01. The van der Waals surface area contributed by atoms with E-state index in [1.807, 2.05) is 12.1 Å². The van der Waals surface area contributed by atoms with Gasteiger partial charge in [0.05, 0.1) is 7.11 Å². The average Bonchev–Trinajstić information content (AvgIpc) is 2.57. The van der Waals surface area contributed by atoms with Crippen molar-refractivity contribution in [2.75, 3.05) is 20.2 Å². The highest BCUT2D eigenvalue weighted by Crippen LogP contribution is 2.22. The van der Waals surface area contributed by atoms with Crippen LogP contribution in [0.5, 0.6) is 0 Å². The van der Waals surface area contributed by atoms with Crippen LogP contribution in [0.25, 0.3) is 0 Å². The van der Waals surface area contributed by atoms with E-state index in [9.17, 15) is 14.4 Å². The first kappa shape index (κ1) is 20.7. The minimum absolute atomic E-state index is 0.0426. The Balaban J connectivity index is 2.28. The minimum atomic E-state index is -0.293. The van der Waals surface area contributed by atoms with Crippen molar-refractivity contribution < 1.29 is 19.1 Å². The van der Waals surface area contributed by atoms with E-state index in [0.29, 0.717) is 18.5 Å². The second-order valence-corrected chi connectivity index (χ2v) is 6.86. The molecule has 25 heavy (non-hydrogen) atoms. The zero-order valence-corrected chi connectivity index (χ0v) is 15.5. The van der Waals surface area contributed by atoms with Gasteiger partial charge in [0.25, 0.3) is 5.91 Å². The van der Waals surface area contributed by atoms with E-state index in [2.05, 4.69) is 36.1 Å². The van der Waals surface area contributed by atoms with Gasteiger partial charge in [-0.15, -0.1) is 0 Å². The predicted octanol–water partition coefficient (Wildman–Crippen LogP) is 2.17. The lowest BCUT2D eigenvalue weighted by molar-refractivity contribution is -0.140. The van der Waals surface area contributed by atoms with Crippen LogP contribution in [-0.4, -0.2) is 38.0 Å². The number of hydrogen-bond donors (Lipinski definition) is 2. The summed E-state index contributed by atoms with van der Waals surface area (Å²) >= 11 is 0. The van der Waals surface area contributed by atoms with Gasteiger partial charge in [0, 0.05) is 31.5 Å². The summed E-state index contributed by atoms with van der Waals surface area (Å²) in [6, 6.07) is 7.48. The third-order valence-corrected chi connectivity index (χ3v) is 3.76. The van der Waals surface area contributed by atoms with E-state index in [4.69, 9.17) is 0 Å². The fraction of sp³-hybridized carbons (Fsp3) is 0.526. The van der Waals surface area contributed by atoms with Gasteiger partial charge >= 0.3 is 5.97 Å². The highest BCUT2D eigenvalue weighted by atomic mass is 16.5. The Bertz CT molecular complexity index is 588. The van der Waals surface area contributed by atoms with E-state index in [1.165, 1.54) is 7.11 Å². The van der Waals surface area contributed by atoms with Gasteiger partial charge in [0.2, 0.25) is 5.91 Å². The normalized spacial score (nSPS) is 10.9. The number of carbonyl (C=O) groups is 3. The van der Waals surface area contributed by atoms with Gasteiger partial charge in [-0.2, -0.15) is 0 Å². The smallest absolute Gasteiger partial charge is 0.305 e. The number of ether oxygens (including phenoxy) is 1. The van der Waals surface area contributed by atoms with Crippen molar-refractivity contribution in [3.8, 4) is 0 Å². The predicted molar refractivity (Wildman–Crippen MR) is 96.4 cm³/mol. The zero-order chi connectivity index (χ0) is 18.9. The summed E-state index contributed by atoms with van der Waals surface area (Å²) in [5.41, 5.74) is 1.78. The molecule has 0 unspecified atom stereocenters. The van der Waals surface area contributed by atoms with E-state index in [0.717, 1.165) is 5.56 Å². The Morgan fingerprint density at radius 1 is 0.960 bits per heavy atom. The molecular formula is C19H28N2O4. The van der Waals surface area contributed by atoms with Crippen molar-refractivity contribution in [3.63, 3.8) is 0 Å². The summed E-state index contributed by atoms with van der Waals surface area (Å²) < 4.78 is 4.52. The van der Waals surface area contributed by atoms with Crippen LogP contribution in [0.4, 0.5) is 0 Å². The SMILES string of the molecule is COC(=O)CCCNC(=O)CCNC(=O)c1ccc(C(C)(C)C)cc1. The maximum atomic E-state index is 12.1. The first-order chi connectivity index (χ1) is 11.7. The maximum absolute atomic E-state index is 12.1. The Morgan fingerprint density at radius 2 is 1.60 bits per heavy atom. The second kappa shape index (κ2) is 9.81. The summed E-state index contributed by atoms with van der Waals surface area (Å²) in [7, 11) is 1.33. The zero-order valence-electron chi connectivity index (χ0n) is 15.5. The monoisotopic (exact) mass is 348 g/mol. The number of amides is 2. The molecule has 6 heteroatoms. The van der Waals surface area contributed by atoms with Crippen LogP contribution < -0.4 is 10.6 Å². The van der Waals surface area contributed by atoms with E-state index in [1.54, 1.807) is 12.1 Å². The second-order valence-electron chi connectivity index (χ2n) is 6.86. The highest BCUT2D eigenvalue weighted by molar-refractivity contribution is 5.94. The van der Waals surface area contributed by atoms with Gasteiger partial charge in [-0.25, -0.2) is 0 Å². The van der Waals surface area contributed by atoms with Gasteiger partial charge < -0.3 is 15.4 Å². The van der Waals surface area contributed by atoms with Gasteiger partial charge in [-0.3, -0.25) is 14.4 Å². The Hall–Kier alpha value is -2.37. The number of esters is 1. The van der Waals surface area contributed by atoms with Crippen LogP contribution >= 0.6 is 0 Å². The van der Waals surface area contributed by atoms with Crippen LogP contribution in [0.15, 0.2) is 24.3 Å². The lowest BCUT2D eigenvalue weighted by Crippen LogP contribution is -2.31. The van der Waals surface area contributed by atoms with Crippen molar-refractivity contribution in [1.82, 2.24) is 10.6 Å². The minimum Gasteiger partial charge on any atom is -0.469 e. The topological polar surface area (TPSA) is 84.5 Å². The van der Waals surface area contributed by atoms with Crippen LogP contribution in [0.2, 0.25) is 0 Å². The largest absolute Gasteiger partial charge is 0.469 e. The molecule has 0 aliphatic heterocycles. The van der Waals surface area contributed by atoms with Crippen molar-refractivity contribution in [3.05, 3.63) is 35.4 Å². The van der Waals surface area contributed by atoms with E-state index < -0.39 is 0 Å². The highest BCUT2D eigenvalue weighted by Gasteiger charge is 2.14. The van der Waals surface area contributed by atoms with Crippen molar-refractivity contribution in [2.45, 2.75) is 45.4 Å². The fourth-order valence-corrected chi connectivity index (χ4v) is 2.16. The molecule has 1 aromatic rings. The van der Waals surface area contributed by atoms with Crippen LogP contribution in [0, 0.1) is 0 Å². The van der Waals surface area contributed by atoms with Crippen LogP contribution in [-0.2, 0) is 19.7 Å². The lowest BCUT2D eigenvalue weighted by Gasteiger charge is -2.19. The fourth-order valence-electron chi connectivity index (χ4n) is 2.16. The van der Waals surface area contributed by atoms with Gasteiger partial charge in [0.15, 0.2) is 0 Å². The third kappa shape index (κ3) is 7.83. The molecule has 0 aliphatic carbocycles. The number of rotatable bonds is 8. The summed E-state index contributed by atoms with van der Waals surface area (Å²) in [5, 5.41) is 5.43. The van der Waals surface area contributed by atoms with Crippen molar-refractivity contribution in [2.24, 2.45) is 0 Å².